The second-order valence-electron chi connectivity index (χ2n) is 5.31. The first-order valence-electron chi connectivity index (χ1n) is 6.81. The number of carboxylic acids is 1. The molecule has 110 valence electrons. The van der Waals surface area contributed by atoms with Gasteiger partial charge in [-0.1, -0.05) is 12.1 Å². The number of ether oxygens (including phenoxy) is 1. The molecule has 0 radical (unpaired) electrons. The Morgan fingerprint density at radius 2 is 2.30 bits per heavy atom. The summed E-state index contributed by atoms with van der Waals surface area (Å²) in [5, 5.41) is 9.05. The minimum Gasteiger partial charge on any atom is -0.494 e. The predicted molar refractivity (Wildman–Crippen MR) is 73.2 cm³/mol. The summed E-state index contributed by atoms with van der Waals surface area (Å²) in [4.78, 5) is 13.1. The molecule has 4 nitrogen and oxygen atoms in total. The molecule has 1 aliphatic heterocycles. The van der Waals surface area contributed by atoms with Crippen LogP contribution in [0.15, 0.2) is 18.2 Å². The van der Waals surface area contributed by atoms with Gasteiger partial charge in [-0.3, -0.25) is 9.69 Å². The molecule has 1 heterocycles. The van der Waals surface area contributed by atoms with Crippen LogP contribution in [0.25, 0.3) is 0 Å². The van der Waals surface area contributed by atoms with Crippen molar-refractivity contribution >= 4 is 5.97 Å². The fourth-order valence-electron chi connectivity index (χ4n) is 2.73. The minimum atomic E-state index is -0.732. The number of carbonyl (C=O) groups is 1. The van der Waals surface area contributed by atoms with Gasteiger partial charge in [0.15, 0.2) is 11.6 Å². The number of methoxy groups -OCH3 is 1. The molecule has 2 atom stereocenters. The highest BCUT2D eigenvalue weighted by Gasteiger charge is 2.30. The molecule has 0 aliphatic carbocycles. The number of hydrogen-bond donors (Lipinski definition) is 1. The van der Waals surface area contributed by atoms with Crippen LogP contribution in [-0.2, 0) is 11.3 Å². The molecule has 0 spiro atoms. The van der Waals surface area contributed by atoms with Crippen LogP contribution in [0.2, 0.25) is 0 Å². The smallest absolute Gasteiger partial charge is 0.306 e. The van der Waals surface area contributed by atoms with Gasteiger partial charge in [-0.25, -0.2) is 4.39 Å². The lowest BCUT2D eigenvalue weighted by Gasteiger charge is -2.36. The second kappa shape index (κ2) is 6.22. The van der Waals surface area contributed by atoms with Gasteiger partial charge in [0.25, 0.3) is 0 Å². The molecule has 0 bridgehead atoms. The van der Waals surface area contributed by atoms with Gasteiger partial charge in [0, 0.05) is 18.2 Å². The molecule has 2 unspecified atom stereocenters. The maximum absolute atomic E-state index is 14.1. The topological polar surface area (TPSA) is 49.8 Å². The Morgan fingerprint density at radius 1 is 1.55 bits per heavy atom. The van der Waals surface area contributed by atoms with Crippen molar-refractivity contribution in [3.05, 3.63) is 29.6 Å². The number of aliphatic carboxylic acids is 1. The van der Waals surface area contributed by atoms with Crippen molar-refractivity contribution in [1.29, 1.82) is 0 Å². The summed E-state index contributed by atoms with van der Waals surface area (Å²) in [5.41, 5.74) is 0.588. The Labute approximate surface area is 118 Å². The lowest BCUT2D eigenvalue weighted by atomic mass is 9.91. The molecule has 1 aromatic rings. The highest BCUT2D eigenvalue weighted by atomic mass is 19.1. The highest BCUT2D eigenvalue weighted by Crippen LogP contribution is 2.27. The average molecular weight is 281 g/mol. The molecule has 5 heteroatoms. The molecular weight excluding hydrogens is 261 g/mol. The summed E-state index contributed by atoms with van der Waals surface area (Å²) in [6.45, 7) is 3.15. The van der Waals surface area contributed by atoms with Gasteiger partial charge in [-0.2, -0.15) is 0 Å². The van der Waals surface area contributed by atoms with Gasteiger partial charge in [0.2, 0.25) is 0 Å². The summed E-state index contributed by atoms with van der Waals surface area (Å²) in [5.74, 6) is -1.10. The number of likely N-dealkylation sites (tertiary alicyclic amines) is 1. The van der Waals surface area contributed by atoms with E-state index in [9.17, 15) is 9.18 Å². The maximum atomic E-state index is 14.1. The Balaban J connectivity index is 2.06. The summed E-state index contributed by atoms with van der Waals surface area (Å²) in [7, 11) is 1.45. The largest absolute Gasteiger partial charge is 0.494 e. The van der Waals surface area contributed by atoms with Crippen LogP contribution >= 0.6 is 0 Å². The first-order chi connectivity index (χ1) is 9.52. The molecule has 1 aromatic carbocycles. The fourth-order valence-corrected chi connectivity index (χ4v) is 2.73. The number of rotatable bonds is 4. The van der Waals surface area contributed by atoms with Crippen molar-refractivity contribution in [1.82, 2.24) is 4.90 Å². The van der Waals surface area contributed by atoms with Crippen molar-refractivity contribution in [2.24, 2.45) is 5.92 Å². The zero-order chi connectivity index (χ0) is 14.7. The number of hydrogen-bond acceptors (Lipinski definition) is 3. The fraction of sp³-hybridized carbons (Fsp3) is 0.533. The second-order valence-corrected chi connectivity index (χ2v) is 5.31. The van der Waals surface area contributed by atoms with Gasteiger partial charge in [-0.15, -0.1) is 0 Å². The van der Waals surface area contributed by atoms with Crippen LogP contribution in [-0.4, -0.2) is 35.7 Å². The van der Waals surface area contributed by atoms with Crippen LogP contribution in [0.1, 0.15) is 25.3 Å². The standard InChI is InChI=1S/C15H20FNO3/c1-10-8-11(15(18)19)6-7-17(10)9-12-4-3-5-13(20-2)14(12)16/h3-5,10-11H,6-9H2,1-2H3,(H,18,19). The Morgan fingerprint density at radius 3 is 2.90 bits per heavy atom. The maximum Gasteiger partial charge on any atom is 0.306 e. The van der Waals surface area contributed by atoms with Crippen molar-refractivity contribution < 1.29 is 19.0 Å². The number of carboxylic acid groups (broad SMARTS) is 1. The minimum absolute atomic E-state index is 0.135. The van der Waals surface area contributed by atoms with Gasteiger partial charge >= 0.3 is 5.97 Å². The number of halogens is 1. The van der Waals surface area contributed by atoms with E-state index in [1.807, 2.05) is 6.92 Å². The van der Waals surface area contributed by atoms with Gasteiger partial charge in [0.1, 0.15) is 0 Å². The van der Waals surface area contributed by atoms with E-state index in [1.54, 1.807) is 18.2 Å². The van der Waals surface area contributed by atoms with E-state index >= 15 is 0 Å². The van der Waals surface area contributed by atoms with E-state index in [0.717, 1.165) is 0 Å². The van der Waals surface area contributed by atoms with E-state index in [1.165, 1.54) is 7.11 Å². The molecule has 1 fully saturated rings. The highest BCUT2D eigenvalue weighted by molar-refractivity contribution is 5.70. The molecule has 0 saturated carbocycles. The summed E-state index contributed by atoms with van der Waals surface area (Å²) < 4.78 is 19.1. The number of piperidine rings is 1. The molecule has 2 rings (SSSR count). The van der Waals surface area contributed by atoms with Gasteiger partial charge in [-0.05, 0) is 32.4 Å². The predicted octanol–water partition coefficient (Wildman–Crippen LogP) is 2.52. The summed E-state index contributed by atoms with van der Waals surface area (Å²) >= 11 is 0. The van der Waals surface area contributed by atoms with Crippen molar-refractivity contribution in [2.75, 3.05) is 13.7 Å². The van der Waals surface area contributed by atoms with Crippen molar-refractivity contribution in [3.63, 3.8) is 0 Å². The molecular formula is C15H20FNO3. The van der Waals surface area contributed by atoms with Crippen molar-refractivity contribution in [3.8, 4) is 5.75 Å². The zero-order valence-electron chi connectivity index (χ0n) is 11.8. The van der Waals surface area contributed by atoms with Crippen LogP contribution < -0.4 is 4.74 Å². The van der Waals surface area contributed by atoms with Gasteiger partial charge < -0.3 is 9.84 Å². The third kappa shape index (κ3) is 3.10. The Hall–Kier alpha value is -1.62. The molecule has 20 heavy (non-hydrogen) atoms. The number of nitrogens with zero attached hydrogens (tertiary/aromatic N) is 1. The molecule has 1 N–H and O–H groups in total. The normalized spacial score (nSPS) is 23.6. The Bertz CT molecular complexity index is 492. The number of benzene rings is 1. The molecule has 0 amide bonds. The van der Waals surface area contributed by atoms with E-state index in [4.69, 9.17) is 9.84 Å². The van der Waals surface area contributed by atoms with Crippen molar-refractivity contribution in [2.45, 2.75) is 32.4 Å². The van der Waals surface area contributed by atoms with Gasteiger partial charge in [0.05, 0.1) is 13.0 Å². The van der Waals surface area contributed by atoms with E-state index in [0.29, 0.717) is 31.5 Å². The monoisotopic (exact) mass is 281 g/mol. The van der Waals surface area contributed by atoms with E-state index in [-0.39, 0.29) is 23.5 Å². The Kier molecular flexibility index (Phi) is 4.60. The summed E-state index contributed by atoms with van der Waals surface area (Å²) in [6.07, 6.45) is 1.23. The lowest BCUT2D eigenvalue weighted by Crippen LogP contribution is -2.42. The van der Waals surface area contributed by atoms with E-state index < -0.39 is 5.97 Å². The van der Waals surface area contributed by atoms with Crippen LogP contribution in [0.4, 0.5) is 4.39 Å². The first kappa shape index (κ1) is 14.8. The molecule has 1 aliphatic rings. The SMILES string of the molecule is COc1cccc(CN2CCC(C(=O)O)CC2C)c1F. The lowest BCUT2D eigenvalue weighted by molar-refractivity contribution is -0.144. The molecule has 0 aromatic heterocycles. The molecule has 1 saturated heterocycles. The quantitative estimate of drug-likeness (QED) is 0.921. The average Bonchev–Trinajstić information content (AvgIpc) is 2.43. The van der Waals surface area contributed by atoms with E-state index in [2.05, 4.69) is 4.90 Å². The third-order valence-electron chi connectivity index (χ3n) is 4.00. The van der Waals surface area contributed by atoms with Crippen LogP contribution in [0, 0.1) is 11.7 Å². The first-order valence-corrected chi connectivity index (χ1v) is 6.81. The van der Waals surface area contributed by atoms with Crippen LogP contribution in [0.5, 0.6) is 5.75 Å². The third-order valence-corrected chi connectivity index (χ3v) is 4.00. The summed E-state index contributed by atoms with van der Waals surface area (Å²) in [6, 6.07) is 5.24. The van der Waals surface area contributed by atoms with Crippen LogP contribution in [0.3, 0.4) is 0 Å². The zero-order valence-corrected chi connectivity index (χ0v) is 11.8.